The fourth-order valence-electron chi connectivity index (χ4n) is 3.22. The normalized spacial score (nSPS) is 17.2. The van der Waals surface area contributed by atoms with Crippen molar-refractivity contribution in [2.45, 2.75) is 25.3 Å². The van der Waals surface area contributed by atoms with E-state index in [9.17, 15) is 4.79 Å². The van der Waals surface area contributed by atoms with Crippen molar-refractivity contribution in [2.75, 3.05) is 26.2 Å². The summed E-state index contributed by atoms with van der Waals surface area (Å²) in [6.45, 7) is 6.96. The van der Waals surface area contributed by atoms with Gasteiger partial charge in [0.1, 0.15) is 5.69 Å². The summed E-state index contributed by atoms with van der Waals surface area (Å²) in [4.78, 5) is 14.7. The summed E-state index contributed by atoms with van der Waals surface area (Å²) in [5.41, 5.74) is 1.74. The van der Waals surface area contributed by atoms with Gasteiger partial charge in [-0.15, -0.1) is 6.58 Å². The Morgan fingerprint density at radius 3 is 2.92 bits per heavy atom. The fourth-order valence-corrected chi connectivity index (χ4v) is 3.22. The van der Waals surface area contributed by atoms with Crippen molar-refractivity contribution in [3.05, 3.63) is 66.5 Å². The summed E-state index contributed by atoms with van der Waals surface area (Å²) in [6, 6.07) is 12.4. The molecule has 0 radical (unpaired) electrons. The third-order valence-electron chi connectivity index (χ3n) is 4.62. The molecule has 3 rings (SSSR count). The van der Waals surface area contributed by atoms with E-state index in [4.69, 9.17) is 0 Å². The summed E-state index contributed by atoms with van der Waals surface area (Å²) in [6.07, 6.45) is 6.77. The number of hydrogen-bond donors (Lipinski definition) is 1. The van der Waals surface area contributed by atoms with Crippen LogP contribution in [0.5, 0.6) is 0 Å². The zero-order valence-electron chi connectivity index (χ0n) is 14.6. The molecule has 1 atom stereocenters. The van der Waals surface area contributed by atoms with E-state index in [0.717, 1.165) is 32.4 Å². The Bertz CT molecular complexity index is 689. The average Bonchev–Trinajstić information content (AvgIpc) is 3.16. The number of aromatic nitrogens is 2. The van der Waals surface area contributed by atoms with Crippen molar-refractivity contribution in [2.24, 2.45) is 0 Å². The molecule has 1 amide bonds. The van der Waals surface area contributed by atoms with Crippen molar-refractivity contribution in [3.8, 4) is 0 Å². The molecule has 1 N–H and O–H groups in total. The maximum atomic E-state index is 12.8. The molecule has 1 aromatic carbocycles. The van der Waals surface area contributed by atoms with Crippen LogP contribution in [0.25, 0.3) is 0 Å². The number of carbonyl (C=O) groups excluding carboxylic acids is 1. The Morgan fingerprint density at radius 1 is 1.36 bits per heavy atom. The van der Waals surface area contributed by atoms with E-state index in [0.29, 0.717) is 24.8 Å². The second kappa shape index (κ2) is 8.62. The largest absolute Gasteiger partial charge is 0.333 e. The molecule has 1 saturated heterocycles. The molecule has 1 aromatic heterocycles. The highest BCUT2D eigenvalue weighted by Gasteiger charge is 2.20. The number of piperidine rings is 1. The van der Waals surface area contributed by atoms with Crippen LogP contribution in [0.4, 0.5) is 0 Å². The number of carbonyl (C=O) groups is 1. The van der Waals surface area contributed by atoms with Crippen molar-refractivity contribution in [1.29, 1.82) is 0 Å². The Balaban J connectivity index is 1.65. The molecule has 25 heavy (non-hydrogen) atoms. The maximum Gasteiger partial charge on any atom is 0.274 e. The third kappa shape index (κ3) is 4.57. The number of hydrogen-bond acceptors (Lipinski definition) is 3. The highest BCUT2D eigenvalue weighted by atomic mass is 16.2. The molecular weight excluding hydrogens is 312 g/mol. The predicted octanol–water partition coefficient (Wildman–Crippen LogP) is 2.68. The van der Waals surface area contributed by atoms with Crippen molar-refractivity contribution in [3.63, 3.8) is 0 Å². The standard InChI is InChI=1S/C20H26N4O/c1-2-13-23(14-10-17-7-4-3-5-8-17)20(25)19-11-15-24(22-19)18-9-6-12-21-16-18/h2-5,7-8,11,15,18,21H,1,6,9-10,12-14,16H2. The van der Waals surface area contributed by atoms with Crippen LogP contribution in [-0.2, 0) is 6.42 Å². The molecular formula is C20H26N4O. The van der Waals surface area contributed by atoms with Gasteiger partial charge in [0, 0.05) is 25.8 Å². The zero-order valence-corrected chi connectivity index (χ0v) is 14.6. The average molecular weight is 338 g/mol. The molecule has 1 fully saturated rings. The first kappa shape index (κ1) is 17.4. The lowest BCUT2D eigenvalue weighted by Crippen LogP contribution is -2.34. The van der Waals surface area contributed by atoms with Gasteiger partial charge in [-0.25, -0.2) is 0 Å². The summed E-state index contributed by atoms with van der Waals surface area (Å²) in [5.74, 6) is -0.0293. The van der Waals surface area contributed by atoms with Crippen molar-refractivity contribution in [1.82, 2.24) is 20.0 Å². The first-order chi connectivity index (χ1) is 12.3. The van der Waals surface area contributed by atoms with Crippen LogP contribution >= 0.6 is 0 Å². The molecule has 0 spiro atoms. The highest BCUT2D eigenvalue weighted by molar-refractivity contribution is 5.92. The minimum absolute atomic E-state index is 0.0293. The van der Waals surface area contributed by atoms with Crippen LogP contribution in [0.2, 0.25) is 0 Å². The second-order valence-electron chi connectivity index (χ2n) is 6.46. The van der Waals surface area contributed by atoms with Crippen LogP contribution in [0, 0.1) is 0 Å². The van der Waals surface area contributed by atoms with Crippen molar-refractivity contribution < 1.29 is 4.79 Å². The summed E-state index contributed by atoms with van der Waals surface area (Å²) in [5, 5.41) is 7.93. The maximum absolute atomic E-state index is 12.8. The van der Waals surface area contributed by atoms with Gasteiger partial charge in [-0.3, -0.25) is 9.48 Å². The quantitative estimate of drug-likeness (QED) is 0.790. The molecule has 5 heteroatoms. The van der Waals surface area contributed by atoms with Gasteiger partial charge >= 0.3 is 0 Å². The molecule has 0 aliphatic carbocycles. The Labute approximate surface area is 149 Å². The third-order valence-corrected chi connectivity index (χ3v) is 4.62. The van der Waals surface area contributed by atoms with Gasteiger partial charge in [-0.2, -0.15) is 5.10 Å². The summed E-state index contributed by atoms with van der Waals surface area (Å²) in [7, 11) is 0. The number of benzene rings is 1. The van der Waals surface area contributed by atoms with Gasteiger partial charge in [0.15, 0.2) is 0 Å². The molecule has 5 nitrogen and oxygen atoms in total. The van der Waals surface area contributed by atoms with Gasteiger partial charge in [0.2, 0.25) is 0 Å². The van der Waals surface area contributed by atoms with Gasteiger partial charge in [-0.1, -0.05) is 36.4 Å². The zero-order chi connectivity index (χ0) is 17.5. The van der Waals surface area contributed by atoms with E-state index in [2.05, 4.69) is 29.1 Å². The Morgan fingerprint density at radius 2 is 2.20 bits per heavy atom. The topological polar surface area (TPSA) is 50.2 Å². The fraction of sp³-hybridized carbons (Fsp3) is 0.400. The van der Waals surface area contributed by atoms with Gasteiger partial charge in [-0.05, 0) is 37.4 Å². The van der Waals surface area contributed by atoms with Crippen LogP contribution in [0.1, 0.15) is 34.9 Å². The summed E-state index contributed by atoms with van der Waals surface area (Å²) < 4.78 is 1.93. The lowest BCUT2D eigenvalue weighted by Gasteiger charge is -2.23. The number of rotatable bonds is 7. The van der Waals surface area contributed by atoms with E-state index < -0.39 is 0 Å². The molecule has 1 aliphatic rings. The van der Waals surface area contributed by atoms with E-state index >= 15 is 0 Å². The van der Waals surface area contributed by atoms with E-state index in [1.165, 1.54) is 5.56 Å². The smallest absolute Gasteiger partial charge is 0.274 e. The summed E-state index contributed by atoms with van der Waals surface area (Å²) >= 11 is 0. The molecule has 1 unspecified atom stereocenters. The highest BCUT2D eigenvalue weighted by Crippen LogP contribution is 2.16. The van der Waals surface area contributed by atoms with Gasteiger partial charge in [0.25, 0.3) is 5.91 Å². The molecule has 132 valence electrons. The lowest BCUT2D eigenvalue weighted by molar-refractivity contribution is 0.0768. The second-order valence-corrected chi connectivity index (χ2v) is 6.46. The van der Waals surface area contributed by atoms with Crippen LogP contribution < -0.4 is 5.32 Å². The van der Waals surface area contributed by atoms with E-state index in [-0.39, 0.29) is 5.91 Å². The first-order valence-corrected chi connectivity index (χ1v) is 8.98. The van der Waals surface area contributed by atoms with Crippen LogP contribution in [-0.4, -0.2) is 46.8 Å². The van der Waals surface area contributed by atoms with E-state index in [1.54, 1.807) is 6.08 Å². The molecule has 2 aromatic rings. The van der Waals surface area contributed by atoms with Gasteiger partial charge < -0.3 is 10.2 Å². The minimum Gasteiger partial charge on any atom is -0.333 e. The molecule has 0 bridgehead atoms. The van der Waals surface area contributed by atoms with Crippen molar-refractivity contribution >= 4 is 5.91 Å². The monoisotopic (exact) mass is 338 g/mol. The lowest BCUT2D eigenvalue weighted by atomic mass is 10.1. The SMILES string of the molecule is C=CCN(CCc1ccccc1)C(=O)c1ccn(C2CCCNC2)n1. The molecule has 1 aliphatic heterocycles. The van der Waals surface area contributed by atoms with Crippen LogP contribution in [0.15, 0.2) is 55.3 Å². The molecule has 0 saturated carbocycles. The molecule has 2 heterocycles. The number of nitrogens with zero attached hydrogens (tertiary/aromatic N) is 3. The van der Waals surface area contributed by atoms with E-state index in [1.807, 2.05) is 40.0 Å². The van der Waals surface area contributed by atoms with Crippen LogP contribution in [0.3, 0.4) is 0 Å². The first-order valence-electron chi connectivity index (χ1n) is 8.98. The minimum atomic E-state index is -0.0293. The number of nitrogens with one attached hydrogen (secondary N) is 1. The predicted molar refractivity (Wildman–Crippen MR) is 99.6 cm³/mol. The Kier molecular flexibility index (Phi) is 6.01. The Hall–Kier alpha value is -2.40. The van der Waals surface area contributed by atoms with Gasteiger partial charge in [0.05, 0.1) is 6.04 Å². The number of amides is 1.